The molecule has 0 aliphatic carbocycles. The summed E-state index contributed by atoms with van der Waals surface area (Å²) in [6, 6.07) is 16.1. The lowest BCUT2D eigenvalue weighted by atomic mass is 10.0. The van der Waals surface area contributed by atoms with E-state index in [-0.39, 0.29) is 12.5 Å². The number of nitrogens with one attached hydrogen (secondary N) is 2. The summed E-state index contributed by atoms with van der Waals surface area (Å²) < 4.78 is 0. The molecule has 0 heterocycles. The van der Waals surface area contributed by atoms with Crippen LogP contribution >= 0.6 is 11.6 Å². The second kappa shape index (κ2) is 8.41. The van der Waals surface area contributed by atoms with Gasteiger partial charge in [0.05, 0.1) is 6.54 Å². The Morgan fingerprint density at radius 1 is 1.09 bits per heavy atom. The fraction of sp³-hybridized carbons (Fsp3) is 0.235. The first-order valence-corrected chi connectivity index (χ1v) is 7.58. The molecule has 2 rings (SSSR count). The van der Waals surface area contributed by atoms with Gasteiger partial charge in [-0.2, -0.15) is 0 Å². The molecule has 0 saturated carbocycles. The Bertz CT molecular complexity index is 617. The van der Waals surface area contributed by atoms with Gasteiger partial charge in [0.25, 0.3) is 0 Å². The molecule has 0 radical (unpaired) electrons. The van der Waals surface area contributed by atoms with Gasteiger partial charge >= 0.3 is 0 Å². The molecule has 4 nitrogen and oxygen atoms in total. The molecule has 4 N–H and O–H groups in total. The van der Waals surface area contributed by atoms with E-state index in [1.165, 1.54) is 5.56 Å². The van der Waals surface area contributed by atoms with Gasteiger partial charge in [-0.1, -0.05) is 41.9 Å². The summed E-state index contributed by atoms with van der Waals surface area (Å²) in [5, 5.41) is 7.06. The Balaban J connectivity index is 1.97. The fourth-order valence-electron chi connectivity index (χ4n) is 2.19. The molecule has 0 aromatic heterocycles. The van der Waals surface area contributed by atoms with Gasteiger partial charge in [-0.3, -0.25) is 4.79 Å². The maximum absolute atomic E-state index is 10.7. The van der Waals surface area contributed by atoms with Crippen molar-refractivity contribution in [3.8, 4) is 0 Å². The van der Waals surface area contributed by atoms with Gasteiger partial charge in [-0.05, 0) is 35.7 Å². The maximum atomic E-state index is 10.7. The zero-order valence-corrected chi connectivity index (χ0v) is 13.1. The highest BCUT2D eigenvalue weighted by molar-refractivity contribution is 6.30. The molecule has 0 unspecified atom stereocenters. The lowest BCUT2D eigenvalue weighted by Gasteiger charge is -2.13. The quantitative estimate of drug-likeness (QED) is 0.655. The zero-order chi connectivity index (χ0) is 15.8. The van der Waals surface area contributed by atoms with Crippen LogP contribution in [0, 0.1) is 0 Å². The standard InChI is InChI=1S/C17H20ClN3O/c18-15-6-7-16(21-9-8-20-12-17(19)22)14(11-15)10-13-4-2-1-3-5-13/h1-7,11,20-21H,8-10,12H2,(H2,19,22). The van der Waals surface area contributed by atoms with Crippen LogP contribution in [-0.4, -0.2) is 25.5 Å². The van der Waals surface area contributed by atoms with E-state index in [1.807, 2.05) is 36.4 Å². The smallest absolute Gasteiger partial charge is 0.231 e. The predicted molar refractivity (Wildman–Crippen MR) is 91.3 cm³/mol. The van der Waals surface area contributed by atoms with Gasteiger partial charge in [0.15, 0.2) is 0 Å². The zero-order valence-electron chi connectivity index (χ0n) is 12.3. The van der Waals surface area contributed by atoms with Gasteiger partial charge in [-0.15, -0.1) is 0 Å². The largest absolute Gasteiger partial charge is 0.384 e. The summed E-state index contributed by atoms with van der Waals surface area (Å²) >= 11 is 6.11. The molecule has 22 heavy (non-hydrogen) atoms. The van der Waals surface area contributed by atoms with Crippen LogP contribution in [-0.2, 0) is 11.2 Å². The van der Waals surface area contributed by atoms with Crippen molar-refractivity contribution >= 4 is 23.2 Å². The Hall–Kier alpha value is -2.04. The van der Waals surface area contributed by atoms with E-state index in [0.29, 0.717) is 13.1 Å². The van der Waals surface area contributed by atoms with Crippen LogP contribution in [0.3, 0.4) is 0 Å². The first kappa shape index (κ1) is 16.3. The molecular weight excluding hydrogens is 298 g/mol. The van der Waals surface area contributed by atoms with E-state index in [2.05, 4.69) is 22.8 Å². The summed E-state index contributed by atoms with van der Waals surface area (Å²) in [6.07, 6.45) is 0.818. The number of carbonyl (C=O) groups excluding carboxylic acids is 1. The molecule has 2 aromatic carbocycles. The van der Waals surface area contributed by atoms with Crippen molar-refractivity contribution in [1.29, 1.82) is 0 Å². The summed E-state index contributed by atoms with van der Waals surface area (Å²) in [5.41, 5.74) is 8.51. The summed E-state index contributed by atoms with van der Waals surface area (Å²) in [4.78, 5) is 10.7. The minimum absolute atomic E-state index is 0.194. The Kier molecular flexibility index (Phi) is 6.25. The van der Waals surface area contributed by atoms with Crippen molar-refractivity contribution in [2.45, 2.75) is 6.42 Å². The number of halogens is 1. The number of carbonyl (C=O) groups is 1. The minimum atomic E-state index is -0.351. The first-order chi connectivity index (χ1) is 10.6. The summed E-state index contributed by atoms with van der Waals surface area (Å²) in [6.45, 7) is 1.56. The molecular formula is C17H20ClN3O. The van der Waals surface area contributed by atoms with Crippen molar-refractivity contribution in [2.24, 2.45) is 5.73 Å². The van der Waals surface area contributed by atoms with Gasteiger partial charge in [-0.25, -0.2) is 0 Å². The van der Waals surface area contributed by atoms with Crippen LogP contribution in [0.25, 0.3) is 0 Å². The lowest BCUT2D eigenvalue weighted by Crippen LogP contribution is -2.31. The summed E-state index contributed by atoms with van der Waals surface area (Å²) in [7, 11) is 0. The Morgan fingerprint density at radius 3 is 2.59 bits per heavy atom. The monoisotopic (exact) mass is 317 g/mol. The van der Waals surface area contributed by atoms with Crippen LogP contribution in [0.15, 0.2) is 48.5 Å². The molecule has 1 amide bonds. The van der Waals surface area contributed by atoms with E-state index in [0.717, 1.165) is 22.7 Å². The minimum Gasteiger partial charge on any atom is -0.384 e. The second-order valence-electron chi connectivity index (χ2n) is 5.03. The molecule has 0 saturated heterocycles. The van der Waals surface area contributed by atoms with Crippen LogP contribution in [0.5, 0.6) is 0 Å². The molecule has 0 atom stereocenters. The molecule has 0 aliphatic heterocycles. The van der Waals surface area contributed by atoms with Crippen molar-refractivity contribution in [3.63, 3.8) is 0 Å². The van der Waals surface area contributed by atoms with E-state index in [9.17, 15) is 4.79 Å². The highest BCUT2D eigenvalue weighted by Crippen LogP contribution is 2.23. The molecule has 0 spiro atoms. The van der Waals surface area contributed by atoms with E-state index in [1.54, 1.807) is 0 Å². The van der Waals surface area contributed by atoms with Crippen molar-refractivity contribution < 1.29 is 4.79 Å². The molecule has 5 heteroatoms. The van der Waals surface area contributed by atoms with Crippen LogP contribution < -0.4 is 16.4 Å². The number of amides is 1. The second-order valence-corrected chi connectivity index (χ2v) is 5.47. The third-order valence-electron chi connectivity index (χ3n) is 3.22. The highest BCUT2D eigenvalue weighted by Gasteiger charge is 2.04. The third kappa shape index (κ3) is 5.39. The van der Waals surface area contributed by atoms with Crippen LogP contribution in [0.4, 0.5) is 5.69 Å². The van der Waals surface area contributed by atoms with Gasteiger partial charge in [0.1, 0.15) is 0 Å². The van der Waals surface area contributed by atoms with Crippen molar-refractivity contribution in [1.82, 2.24) is 5.32 Å². The summed E-state index contributed by atoms with van der Waals surface area (Å²) in [5.74, 6) is -0.351. The van der Waals surface area contributed by atoms with E-state index >= 15 is 0 Å². The topological polar surface area (TPSA) is 67.2 Å². The number of anilines is 1. The number of hydrogen-bond acceptors (Lipinski definition) is 3. The number of nitrogens with two attached hydrogens (primary N) is 1. The lowest BCUT2D eigenvalue weighted by molar-refractivity contribution is -0.117. The van der Waals surface area contributed by atoms with E-state index < -0.39 is 0 Å². The predicted octanol–water partition coefficient (Wildman–Crippen LogP) is 2.42. The SMILES string of the molecule is NC(=O)CNCCNc1ccc(Cl)cc1Cc1ccccc1. The number of benzene rings is 2. The van der Waals surface area contributed by atoms with Gasteiger partial charge in [0.2, 0.25) is 5.91 Å². The fourth-order valence-corrected chi connectivity index (χ4v) is 2.39. The average Bonchev–Trinajstić information content (AvgIpc) is 2.49. The average molecular weight is 318 g/mol. The molecule has 116 valence electrons. The molecule has 0 fully saturated rings. The van der Waals surface area contributed by atoms with Gasteiger partial charge < -0.3 is 16.4 Å². The first-order valence-electron chi connectivity index (χ1n) is 7.20. The van der Waals surface area contributed by atoms with Crippen LogP contribution in [0.2, 0.25) is 5.02 Å². The van der Waals surface area contributed by atoms with Crippen molar-refractivity contribution in [3.05, 3.63) is 64.7 Å². The Morgan fingerprint density at radius 2 is 1.86 bits per heavy atom. The van der Waals surface area contributed by atoms with E-state index in [4.69, 9.17) is 17.3 Å². The number of primary amides is 1. The van der Waals surface area contributed by atoms with Crippen LogP contribution in [0.1, 0.15) is 11.1 Å². The molecule has 2 aromatic rings. The number of rotatable bonds is 8. The Labute approximate surface area is 135 Å². The molecule has 0 bridgehead atoms. The maximum Gasteiger partial charge on any atom is 0.231 e. The third-order valence-corrected chi connectivity index (χ3v) is 3.46. The number of hydrogen-bond donors (Lipinski definition) is 3. The van der Waals surface area contributed by atoms with Crippen molar-refractivity contribution in [2.75, 3.05) is 25.0 Å². The van der Waals surface area contributed by atoms with Gasteiger partial charge in [0, 0.05) is 23.8 Å². The highest BCUT2D eigenvalue weighted by atomic mass is 35.5. The normalized spacial score (nSPS) is 10.4. The molecule has 0 aliphatic rings.